The minimum Gasteiger partial charge on any atom is -0.490 e. The van der Waals surface area contributed by atoms with Crippen LogP contribution in [0.5, 0.6) is 5.75 Å². The van der Waals surface area contributed by atoms with E-state index in [0.29, 0.717) is 0 Å². The number of aliphatic hydroxyl groups excluding tert-OH is 1. The third kappa shape index (κ3) is 3.24. The van der Waals surface area contributed by atoms with Crippen molar-refractivity contribution in [3.63, 3.8) is 0 Å². The lowest BCUT2D eigenvalue weighted by Crippen LogP contribution is -2.47. The van der Waals surface area contributed by atoms with Gasteiger partial charge in [-0.15, -0.1) is 0 Å². The third-order valence-corrected chi connectivity index (χ3v) is 3.66. The van der Waals surface area contributed by atoms with Crippen molar-refractivity contribution in [2.75, 3.05) is 13.2 Å². The molecule has 18 heavy (non-hydrogen) atoms. The molecule has 1 aliphatic rings. The van der Waals surface area contributed by atoms with Crippen LogP contribution in [-0.2, 0) is 0 Å². The minimum absolute atomic E-state index is 0.130. The molecule has 0 radical (unpaired) electrons. The Balaban J connectivity index is 1.90. The van der Waals surface area contributed by atoms with Crippen LogP contribution in [0.4, 0.5) is 0 Å². The van der Waals surface area contributed by atoms with Crippen LogP contribution < -0.4 is 10.1 Å². The van der Waals surface area contributed by atoms with Crippen LogP contribution in [0.15, 0.2) is 30.3 Å². The van der Waals surface area contributed by atoms with Crippen molar-refractivity contribution in [1.82, 2.24) is 5.32 Å². The summed E-state index contributed by atoms with van der Waals surface area (Å²) >= 11 is 0. The van der Waals surface area contributed by atoms with Crippen molar-refractivity contribution in [3.8, 4) is 5.75 Å². The van der Waals surface area contributed by atoms with Crippen LogP contribution in [0.25, 0.3) is 0 Å². The molecule has 2 unspecified atom stereocenters. The van der Waals surface area contributed by atoms with Gasteiger partial charge in [-0.3, -0.25) is 0 Å². The van der Waals surface area contributed by atoms with Crippen LogP contribution in [0, 0.1) is 0 Å². The average molecular weight is 249 g/mol. The first-order chi connectivity index (χ1) is 8.78. The van der Waals surface area contributed by atoms with E-state index >= 15 is 0 Å². The molecule has 1 aromatic rings. The Morgan fingerprint density at radius 1 is 1.39 bits per heavy atom. The molecule has 0 saturated heterocycles. The van der Waals surface area contributed by atoms with Crippen molar-refractivity contribution >= 4 is 0 Å². The van der Waals surface area contributed by atoms with E-state index in [-0.39, 0.29) is 18.2 Å². The molecule has 1 saturated carbocycles. The summed E-state index contributed by atoms with van der Waals surface area (Å²) in [6.07, 6.45) is 4.18. The number of ether oxygens (including phenoxy) is 1. The number of aliphatic hydroxyl groups is 1. The van der Waals surface area contributed by atoms with Crippen molar-refractivity contribution in [2.45, 2.75) is 44.2 Å². The van der Waals surface area contributed by atoms with Gasteiger partial charge in [-0.2, -0.15) is 0 Å². The number of hydrogen-bond donors (Lipinski definition) is 2. The Morgan fingerprint density at radius 3 is 2.83 bits per heavy atom. The summed E-state index contributed by atoms with van der Waals surface area (Å²) < 4.78 is 5.96. The van der Waals surface area contributed by atoms with Crippen LogP contribution in [0.3, 0.4) is 0 Å². The molecule has 1 fully saturated rings. The second kappa shape index (κ2) is 6.21. The maximum absolute atomic E-state index is 9.61. The van der Waals surface area contributed by atoms with E-state index in [4.69, 9.17) is 4.74 Å². The molecule has 0 aromatic heterocycles. The molecule has 100 valence electrons. The molecule has 0 amide bonds. The first-order valence-corrected chi connectivity index (χ1v) is 6.85. The minimum atomic E-state index is -0.130. The van der Waals surface area contributed by atoms with Crippen LogP contribution >= 0.6 is 0 Å². The SMILES string of the molecule is CCCNC1(CO)CCC(Oc2ccccc2)C1. The topological polar surface area (TPSA) is 41.5 Å². The van der Waals surface area contributed by atoms with Gasteiger partial charge >= 0.3 is 0 Å². The monoisotopic (exact) mass is 249 g/mol. The standard InChI is InChI=1S/C15H23NO2/c1-2-10-16-15(12-17)9-8-14(11-15)18-13-6-4-3-5-7-13/h3-7,14,16-17H,2,8-12H2,1H3. The van der Waals surface area contributed by atoms with E-state index in [2.05, 4.69) is 12.2 Å². The zero-order valence-corrected chi connectivity index (χ0v) is 11.1. The Hall–Kier alpha value is -1.06. The summed E-state index contributed by atoms with van der Waals surface area (Å²) in [5.41, 5.74) is -0.130. The lowest BCUT2D eigenvalue weighted by Gasteiger charge is -2.28. The van der Waals surface area contributed by atoms with Gasteiger partial charge in [0.15, 0.2) is 0 Å². The van der Waals surface area contributed by atoms with Crippen LogP contribution in [-0.4, -0.2) is 29.9 Å². The highest BCUT2D eigenvalue weighted by Crippen LogP contribution is 2.32. The zero-order valence-electron chi connectivity index (χ0n) is 11.1. The molecule has 1 aliphatic carbocycles. The normalized spacial score (nSPS) is 27.3. The molecule has 1 aromatic carbocycles. The highest BCUT2D eigenvalue weighted by atomic mass is 16.5. The second-order valence-electron chi connectivity index (χ2n) is 5.16. The summed E-state index contributed by atoms with van der Waals surface area (Å²) in [6.45, 7) is 3.30. The first kappa shape index (κ1) is 13.4. The van der Waals surface area contributed by atoms with Gasteiger partial charge in [0.25, 0.3) is 0 Å². The molecular weight excluding hydrogens is 226 g/mol. The molecule has 0 heterocycles. The molecule has 2 atom stereocenters. The molecule has 0 bridgehead atoms. The lowest BCUT2D eigenvalue weighted by molar-refractivity contribution is 0.140. The number of nitrogens with one attached hydrogen (secondary N) is 1. The average Bonchev–Trinajstić information content (AvgIpc) is 2.82. The van der Waals surface area contributed by atoms with Crippen molar-refractivity contribution in [3.05, 3.63) is 30.3 Å². The smallest absolute Gasteiger partial charge is 0.119 e. The third-order valence-electron chi connectivity index (χ3n) is 3.66. The quantitative estimate of drug-likeness (QED) is 0.813. The molecular formula is C15H23NO2. The molecule has 0 aliphatic heterocycles. The largest absolute Gasteiger partial charge is 0.490 e. The number of benzene rings is 1. The lowest BCUT2D eigenvalue weighted by atomic mass is 9.98. The van der Waals surface area contributed by atoms with Gasteiger partial charge in [-0.1, -0.05) is 25.1 Å². The fourth-order valence-corrected chi connectivity index (χ4v) is 2.62. The maximum Gasteiger partial charge on any atom is 0.119 e. The van der Waals surface area contributed by atoms with E-state index in [9.17, 15) is 5.11 Å². The number of hydrogen-bond acceptors (Lipinski definition) is 3. The van der Waals surface area contributed by atoms with Gasteiger partial charge < -0.3 is 15.2 Å². The summed E-state index contributed by atoms with van der Waals surface area (Å²) in [7, 11) is 0. The molecule has 3 heteroatoms. The predicted molar refractivity (Wildman–Crippen MR) is 72.8 cm³/mol. The van der Waals surface area contributed by atoms with E-state index < -0.39 is 0 Å². The van der Waals surface area contributed by atoms with Crippen molar-refractivity contribution in [2.24, 2.45) is 0 Å². The first-order valence-electron chi connectivity index (χ1n) is 6.85. The highest BCUT2D eigenvalue weighted by Gasteiger charge is 2.39. The van der Waals surface area contributed by atoms with Crippen molar-refractivity contribution in [1.29, 1.82) is 0 Å². The summed E-state index contributed by atoms with van der Waals surface area (Å²) in [4.78, 5) is 0. The van der Waals surface area contributed by atoms with E-state index in [1.165, 1.54) is 0 Å². The summed E-state index contributed by atoms with van der Waals surface area (Å²) in [6, 6.07) is 9.93. The zero-order chi connectivity index (χ0) is 12.8. The Morgan fingerprint density at radius 2 is 2.17 bits per heavy atom. The van der Waals surface area contributed by atoms with Gasteiger partial charge in [0.05, 0.1) is 6.61 Å². The Kier molecular flexibility index (Phi) is 4.61. The molecule has 3 nitrogen and oxygen atoms in total. The fourth-order valence-electron chi connectivity index (χ4n) is 2.62. The highest BCUT2D eigenvalue weighted by molar-refractivity contribution is 5.21. The predicted octanol–water partition coefficient (Wildman–Crippen LogP) is 2.35. The Labute approximate surface area is 109 Å². The van der Waals surface area contributed by atoms with Gasteiger partial charge in [0, 0.05) is 12.0 Å². The maximum atomic E-state index is 9.61. The number of rotatable bonds is 6. The van der Waals surface area contributed by atoms with Gasteiger partial charge in [0.1, 0.15) is 11.9 Å². The van der Waals surface area contributed by atoms with Crippen molar-refractivity contribution < 1.29 is 9.84 Å². The van der Waals surface area contributed by atoms with E-state index in [0.717, 1.165) is 38.0 Å². The number of para-hydroxylation sites is 1. The van der Waals surface area contributed by atoms with Crippen LogP contribution in [0.1, 0.15) is 32.6 Å². The summed E-state index contributed by atoms with van der Waals surface area (Å²) in [5, 5.41) is 13.1. The molecule has 0 spiro atoms. The van der Waals surface area contributed by atoms with E-state index in [1.54, 1.807) is 0 Å². The van der Waals surface area contributed by atoms with Gasteiger partial charge in [-0.25, -0.2) is 0 Å². The summed E-state index contributed by atoms with van der Waals surface area (Å²) in [5.74, 6) is 0.923. The fraction of sp³-hybridized carbons (Fsp3) is 0.600. The van der Waals surface area contributed by atoms with Crippen LogP contribution in [0.2, 0.25) is 0 Å². The second-order valence-corrected chi connectivity index (χ2v) is 5.16. The Bertz CT molecular complexity index is 355. The van der Waals surface area contributed by atoms with Gasteiger partial charge in [-0.05, 0) is 37.9 Å². The van der Waals surface area contributed by atoms with Gasteiger partial charge in [0.2, 0.25) is 0 Å². The molecule has 2 N–H and O–H groups in total. The van der Waals surface area contributed by atoms with E-state index in [1.807, 2.05) is 30.3 Å². The molecule has 2 rings (SSSR count).